The summed E-state index contributed by atoms with van der Waals surface area (Å²) < 4.78 is 32.2. The van der Waals surface area contributed by atoms with Gasteiger partial charge in [0, 0.05) is 27.2 Å². The maximum atomic E-state index is 13.7. The number of carbonyl (C=O) groups is 2. The number of anilines is 1. The van der Waals surface area contributed by atoms with Crippen LogP contribution in [0, 0.1) is 11.6 Å². The molecular weight excluding hydrogens is 282 g/mol. The second kappa shape index (κ2) is 8.31. The second-order valence-electron chi connectivity index (χ2n) is 4.37. The van der Waals surface area contributed by atoms with Gasteiger partial charge in [0.15, 0.2) is 0 Å². The average molecular weight is 300 g/mol. The summed E-state index contributed by atoms with van der Waals surface area (Å²) in [5.74, 6) is -2.90. The number of halogens is 2. The quantitative estimate of drug-likeness (QED) is 0.776. The van der Waals surface area contributed by atoms with E-state index in [1.54, 1.807) is 7.11 Å². The number of nitrogens with zero attached hydrogens (tertiary/aromatic N) is 1. The fraction of sp³-hybridized carbons (Fsp3) is 0.429. The van der Waals surface area contributed by atoms with Gasteiger partial charge in [0.1, 0.15) is 23.9 Å². The molecule has 7 heteroatoms. The van der Waals surface area contributed by atoms with Gasteiger partial charge in [0.05, 0.1) is 0 Å². The van der Waals surface area contributed by atoms with Gasteiger partial charge < -0.3 is 10.1 Å². The van der Waals surface area contributed by atoms with E-state index >= 15 is 0 Å². The van der Waals surface area contributed by atoms with Gasteiger partial charge in [-0.1, -0.05) is 6.07 Å². The zero-order valence-electron chi connectivity index (χ0n) is 12.0. The third kappa shape index (κ3) is 5.11. The Bertz CT molecular complexity index is 489. The van der Waals surface area contributed by atoms with Crippen LogP contribution in [-0.2, 0) is 14.3 Å². The molecule has 0 atom stereocenters. The molecule has 0 unspecified atom stereocenters. The molecule has 0 aliphatic heterocycles. The first kappa shape index (κ1) is 17.0. The van der Waals surface area contributed by atoms with Crippen molar-refractivity contribution in [2.45, 2.75) is 13.3 Å². The minimum atomic E-state index is -0.891. The van der Waals surface area contributed by atoms with E-state index in [-0.39, 0.29) is 0 Å². The van der Waals surface area contributed by atoms with Crippen molar-refractivity contribution in [2.75, 3.05) is 31.7 Å². The van der Waals surface area contributed by atoms with E-state index in [1.807, 2.05) is 0 Å². The lowest BCUT2D eigenvalue weighted by Gasteiger charge is -2.21. The molecule has 2 amide bonds. The number of nitrogens with one attached hydrogen (secondary N) is 1. The number of carbonyl (C=O) groups excluding carboxylic acids is 2. The number of benzene rings is 1. The van der Waals surface area contributed by atoms with Crippen molar-refractivity contribution in [3.63, 3.8) is 0 Å². The van der Waals surface area contributed by atoms with Crippen LogP contribution >= 0.6 is 0 Å². The van der Waals surface area contributed by atoms with Crippen LogP contribution in [0.1, 0.15) is 13.3 Å². The fourth-order valence-electron chi connectivity index (χ4n) is 1.74. The van der Waals surface area contributed by atoms with Gasteiger partial charge in [-0.2, -0.15) is 0 Å². The van der Waals surface area contributed by atoms with Gasteiger partial charge in [0.2, 0.25) is 11.8 Å². The third-order valence-corrected chi connectivity index (χ3v) is 2.74. The molecule has 116 valence electrons. The fourth-order valence-corrected chi connectivity index (χ4v) is 1.74. The Kier molecular flexibility index (Phi) is 6.74. The van der Waals surface area contributed by atoms with E-state index in [2.05, 4.69) is 5.32 Å². The molecule has 0 fully saturated rings. The van der Waals surface area contributed by atoms with Gasteiger partial charge in [-0.3, -0.25) is 14.5 Å². The molecule has 0 radical (unpaired) electrons. The Morgan fingerprint density at radius 1 is 1.29 bits per heavy atom. The Labute approximate surface area is 121 Å². The van der Waals surface area contributed by atoms with Gasteiger partial charge >= 0.3 is 0 Å². The molecule has 5 nitrogen and oxygen atoms in total. The minimum Gasteiger partial charge on any atom is -0.385 e. The molecule has 0 saturated heterocycles. The molecule has 0 aliphatic rings. The number of ether oxygens (including phenoxy) is 1. The molecule has 1 aromatic rings. The zero-order chi connectivity index (χ0) is 15.8. The summed E-state index contributed by atoms with van der Waals surface area (Å²) in [7, 11) is 1.54. The maximum absolute atomic E-state index is 13.7. The Morgan fingerprint density at radius 2 is 1.90 bits per heavy atom. The number of amides is 2. The predicted octanol–water partition coefficient (Wildman–Crippen LogP) is 1.47. The van der Waals surface area contributed by atoms with Crippen molar-refractivity contribution in [1.29, 1.82) is 0 Å². The van der Waals surface area contributed by atoms with Gasteiger partial charge in [-0.25, -0.2) is 8.78 Å². The summed E-state index contributed by atoms with van der Waals surface area (Å²) in [6, 6.07) is 3.26. The van der Waals surface area contributed by atoms with Crippen LogP contribution in [0.4, 0.5) is 14.5 Å². The third-order valence-electron chi connectivity index (χ3n) is 2.74. The van der Waals surface area contributed by atoms with E-state index in [9.17, 15) is 18.4 Å². The van der Waals surface area contributed by atoms with E-state index in [1.165, 1.54) is 6.07 Å². The van der Waals surface area contributed by atoms with Crippen LogP contribution in [0.15, 0.2) is 18.2 Å². The highest BCUT2D eigenvalue weighted by atomic mass is 19.1. The van der Waals surface area contributed by atoms with E-state index in [0.717, 1.165) is 24.0 Å². The lowest BCUT2D eigenvalue weighted by atomic mass is 10.2. The molecule has 0 aromatic heterocycles. The normalized spacial score (nSPS) is 10.3. The number of para-hydroxylation sites is 1. The highest BCUT2D eigenvalue weighted by Crippen LogP contribution is 2.23. The van der Waals surface area contributed by atoms with Gasteiger partial charge in [-0.05, 0) is 18.6 Å². The van der Waals surface area contributed by atoms with Crippen molar-refractivity contribution < 1.29 is 23.1 Å². The highest BCUT2D eigenvalue weighted by molar-refractivity contribution is 5.97. The molecule has 21 heavy (non-hydrogen) atoms. The first-order chi connectivity index (χ1) is 9.97. The summed E-state index contributed by atoms with van der Waals surface area (Å²) in [5, 5.41) is 2.55. The van der Waals surface area contributed by atoms with Crippen molar-refractivity contribution in [2.24, 2.45) is 0 Å². The number of rotatable bonds is 7. The molecule has 0 spiro atoms. The van der Waals surface area contributed by atoms with E-state index in [4.69, 9.17) is 4.74 Å². The summed E-state index contributed by atoms with van der Waals surface area (Å²) in [6.45, 7) is 1.54. The zero-order valence-corrected chi connectivity index (χ0v) is 12.0. The Balaban J connectivity index is 2.75. The molecule has 0 saturated carbocycles. The number of methoxy groups -OCH3 is 1. The lowest BCUT2D eigenvalue weighted by molar-refractivity contribution is -0.123. The summed E-state index contributed by atoms with van der Waals surface area (Å²) in [5.41, 5.74) is -0.517. The lowest BCUT2D eigenvalue weighted by Crippen LogP contribution is -2.41. The number of hydrogen-bond acceptors (Lipinski definition) is 3. The molecule has 1 rings (SSSR count). The van der Waals surface area contributed by atoms with Crippen molar-refractivity contribution in [3.8, 4) is 0 Å². The first-order valence-corrected chi connectivity index (χ1v) is 6.45. The van der Waals surface area contributed by atoms with Gasteiger partial charge in [-0.15, -0.1) is 0 Å². The Hall–Kier alpha value is -2.02. The molecule has 0 aliphatic carbocycles. The predicted molar refractivity (Wildman–Crippen MR) is 73.9 cm³/mol. The minimum absolute atomic E-state index is 0.359. The smallest absolute Gasteiger partial charge is 0.240 e. The maximum Gasteiger partial charge on any atom is 0.240 e. The number of hydrogen-bond donors (Lipinski definition) is 1. The van der Waals surface area contributed by atoms with Crippen molar-refractivity contribution in [3.05, 3.63) is 29.8 Å². The van der Waals surface area contributed by atoms with Crippen LogP contribution < -0.4 is 10.2 Å². The Morgan fingerprint density at radius 3 is 2.43 bits per heavy atom. The van der Waals surface area contributed by atoms with Crippen LogP contribution in [0.3, 0.4) is 0 Å². The summed E-state index contributed by atoms with van der Waals surface area (Å²) in [6.07, 6.45) is 0.608. The molecule has 0 bridgehead atoms. The van der Waals surface area contributed by atoms with Crippen molar-refractivity contribution in [1.82, 2.24) is 5.32 Å². The van der Waals surface area contributed by atoms with Crippen molar-refractivity contribution >= 4 is 17.5 Å². The highest BCUT2D eigenvalue weighted by Gasteiger charge is 2.22. The average Bonchev–Trinajstić information content (AvgIpc) is 2.42. The topological polar surface area (TPSA) is 58.6 Å². The summed E-state index contributed by atoms with van der Waals surface area (Å²) in [4.78, 5) is 24.1. The SMILES string of the molecule is COCCCNC(=O)CN(C(C)=O)c1c(F)cccc1F. The molecule has 1 aromatic carbocycles. The van der Waals surface area contributed by atoms with Crippen LogP contribution in [0.2, 0.25) is 0 Å². The monoisotopic (exact) mass is 300 g/mol. The molecular formula is C14H18F2N2O3. The van der Waals surface area contributed by atoms with Crippen LogP contribution in [0.5, 0.6) is 0 Å². The first-order valence-electron chi connectivity index (χ1n) is 6.45. The van der Waals surface area contributed by atoms with Crippen LogP contribution in [0.25, 0.3) is 0 Å². The second-order valence-corrected chi connectivity index (χ2v) is 4.37. The van der Waals surface area contributed by atoms with Gasteiger partial charge in [0.25, 0.3) is 0 Å². The van der Waals surface area contributed by atoms with E-state index < -0.39 is 35.7 Å². The summed E-state index contributed by atoms with van der Waals surface area (Å²) >= 11 is 0. The molecule has 0 heterocycles. The van der Waals surface area contributed by atoms with Crippen LogP contribution in [-0.4, -0.2) is 38.6 Å². The largest absolute Gasteiger partial charge is 0.385 e. The molecule has 1 N–H and O–H groups in total. The standard InChI is InChI=1S/C14H18F2N2O3/c1-10(19)18(9-13(20)17-7-4-8-21-2)14-11(15)5-3-6-12(14)16/h3,5-6H,4,7-9H2,1-2H3,(H,17,20). The van der Waals surface area contributed by atoms with E-state index in [0.29, 0.717) is 19.6 Å².